The average molecular weight is 235 g/mol. The average Bonchev–Trinajstić information content (AvgIpc) is 2.76. The fourth-order valence-electron chi connectivity index (χ4n) is 1.89. The number of likely N-dealkylation sites (N-methyl/N-ethyl adjacent to an activating group) is 1. The number of hydrogen-bond acceptors (Lipinski definition) is 5. The van der Waals surface area contributed by atoms with Gasteiger partial charge in [0, 0.05) is 32.9 Å². The maximum atomic E-state index is 5.92. The van der Waals surface area contributed by atoms with Gasteiger partial charge in [0.15, 0.2) is 0 Å². The number of hydrogen-bond donors (Lipinski definition) is 1. The number of methoxy groups -OCH3 is 1. The second-order valence-corrected chi connectivity index (χ2v) is 4.06. The number of pyridine rings is 1. The molecule has 0 aliphatic carbocycles. The minimum Gasteiger partial charge on any atom is -0.464 e. The van der Waals surface area contributed by atoms with Crippen LogP contribution in [0.15, 0.2) is 29.0 Å². The normalized spacial score (nSPS) is 12.9. The van der Waals surface area contributed by atoms with Gasteiger partial charge >= 0.3 is 0 Å². The molecule has 0 radical (unpaired) electrons. The van der Waals surface area contributed by atoms with Crippen molar-refractivity contribution in [1.29, 1.82) is 0 Å². The highest BCUT2D eigenvalue weighted by Crippen LogP contribution is 2.24. The molecule has 2 rings (SSSR count). The van der Waals surface area contributed by atoms with E-state index < -0.39 is 0 Å². The fraction of sp³-hybridized carbons (Fsp3) is 0.417. The van der Waals surface area contributed by atoms with Gasteiger partial charge in [0.2, 0.25) is 0 Å². The molecule has 2 N–H and O–H groups in total. The van der Waals surface area contributed by atoms with Gasteiger partial charge in [-0.2, -0.15) is 0 Å². The lowest BCUT2D eigenvalue weighted by Crippen LogP contribution is -2.38. The van der Waals surface area contributed by atoms with Crippen LogP contribution in [0.2, 0.25) is 0 Å². The van der Waals surface area contributed by atoms with Gasteiger partial charge in [0.25, 0.3) is 0 Å². The second kappa shape index (κ2) is 5.16. The molecule has 1 atom stereocenters. The first-order chi connectivity index (χ1) is 8.22. The Bertz CT molecular complexity index is 483. The summed E-state index contributed by atoms with van der Waals surface area (Å²) >= 11 is 0. The minimum absolute atomic E-state index is 0.0334. The van der Waals surface area contributed by atoms with Gasteiger partial charge < -0.3 is 19.8 Å². The molecule has 0 fully saturated rings. The van der Waals surface area contributed by atoms with Gasteiger partial charge in [-0.25, -0.2) is 4.98 Å². The number of furan rings is 1. The number of nitrogens with two attached hydrogens (primary N) is 1. The van der Waals surface area contributed by atoms with Gasteiger partial charge in [-0.1, -0.05) is 0 Å². The summed E-state index contributed by atoms with van der Waals surface area (Å²) in [6.45, 7) is 1.22. The third kappa shape index (κ3) is 2.57. The molecule has 5 nitrogen and oxygen atoms in total. The molecule has 5 heteroatoms. The molecule has 17 heavy (non-hydrogen) atoms. The van der Waals surface area contributed by atoms with E-state index in [0.717, 1.165) is 16.8 Å². The lowest BCUT2D eigenvalue weighted by molar-refractivity contribution is 0.181. The van der Waals surface area contributed by atoms with Gasteiger partial charge in [0.1, 0.15) is 11.4 Å². The Morgan fingerprint density at radius 2 is 2.35 bits per heavy atom. The lowest BCUT2D eigenvalue weighted by atomic mass is 10.2. The van der Waals surface area contributed by atoms with Gasteiger partial charge in [-0.3, -0.25) is 0 Å². The van der Waals surface area contributed by atoms with Crippen LogP contribution in [-0.4, -0.2) is 38.3 Å². The molecule has 92 valence electrons. The van der Waals surface area contributed by atoms with Crippen molar-refractivity contribution >= 4 is 16.8 Å². The van der Waals surface area contributed by atoms with Crippen molar-refractivity contribution in [2.75, 3.05) is 32.2 Å². The van der Waals surface area contributed by atoms with Crippen LogP contribution in [0.25, 0.3) is 11.0 Å². The number of aromatic nitrogens is 1. The van der Waals surface area contributed by atoms with Crippen LogP contribution in [0.1, 0.15) is 0 Å². The van der Waals surface area contributed by atoms with E-state index in [1.807, 2.05) is 24.1 Å². The Kier molecular flexibility index (Phi) is 3.61. The molecule has 2 aromatic rings. The molecular weight excluding hydrogens is 218 g/mol. The van der Waals surface area contributed by atoms with E-state index in [0.29, 0.717) is 13.2 Å². The van der Waals surface area contributed by atoms with E-state index in [4.69, 9.17) is 14.9 Å². The maximum absolute atomic E-state index is 5.92. The first kappa shape index (κ1) is 11.9. The number of fused-ring (bicyclic) bond motifs is 1. The topological polar surface area (TPSA) is 64.5 Å². The van der Waals surface area contributed by atoms with Crippen LogP contribution < -0.4 is 10.6 Å². The number of rotatable bonds is 5. The van der Waals surface area contributed by atoms with Gasteiger partial charge in [0.05, 0.1) is 18.3 Å². The summed E-state index contributed by atoms with van der Waals surface area (Å²) in [4.78, 5) is 6.38. The van der Waals surface area contributed by atoms with Crippen LogP contribution in [0, 0.1) is 0 Å². The summed E-state index contributed by atoms with van der Waals surface area (Å²) in [6, 6.07) is 3.73. The minimum atomic E-state index is -0.0334. The van der Waals surface area contributed by atoms with Crippen molar-refractivity contribution in [3.05, 3.63) is 24.6 Å². The lowest BCUT2D eigenvalue weighted by Gasteiger charge is -2.22. The Labute approximate surface area is 100 Å². The Morgan fingerprint density at radius 3 is 3.12 bits per heavy atom. The van der Waals surface area contributed by atoms with E-state index in [9.17, 15) is 0 Å². The van der Waals surface area contributed by atoms with Crippen molar-refractivity contribution in [1.82, 2.24) is 4.98 Å². The van der Waals surface area contributed by atoms with Crippen LogP contribution in [0.5, 0.6) is 0 Å². The van der Waals surface area contributed by atoms with Crippen molar-refractivity contribution < 1.29 is 9.15 Å². The number of anilines is 1. The summed E-state index contributed by atoms with van der Waals surface area (Å²) in [5.41, 5.74) is 6.76. The molecule has 0 amide bonds. The van der Waals surface area contributed by atoms with Crippen LogP contribution in [0.4, 0.5) is 5.82 Å². The van der Waals surface area contributed by atoms with Crippen LogP contribution in [0.3, 0.4) is 0 Å². The number of ether oxygens (including phenoxy) is 1. The van der Waals surface area contributed by atoms with E-state index in [1.165, 1.54) is 0 Å². The van der Waals surface area contributed by atoms with E-state index in [1.54, 1.807) is 19.6 Å². The third-order valence-electron chi connectivity index (χ3n) is 2.61. The predicted molar refractivity (Wildman–Crippen MR) is 67.1 cm³/mol. The molecule has 0 spiro atoms. The van der Waals surface area contributed by atoms with Crippen molar-refractivity contribution in [3.63, 3.8) is 0 Å². The fourth-order valence-corrected chi connectivity index (χ4v) is 1.89. The molecule has 0 saturated heterocycles. The Balaban J connectivity index is 2.18. The van der Waals surface area contributed by atoms with Crippen molar-refractivity contribution in [3.8, 4) is 0 Å². The first-order valence-corrected chi connectivity index (χ1v) is 5.50. The zero-order chi connectivity index (χ0) is 12.3. The zero-order valence-corrected chi connectivity index (χ0v) is 10.1. The first-order valence-electron chi connectivity index (χ1n) is 5.50. The molecular formula is C12H17N3O2. The summed E-state index contributed by atoms with van der Waals surface area (Å²) < 4.78 is 10.4. The summed E-state index contributed by atoms with van der Waals surface area (Å²) in [6.07, 6.45) is 3.40. The highest BCUT2D eigenvalue weighted by molar-refractivity contribution is 5.88. The molecule has 0 aliphatic heterocycles. The molecule has 0 saturated carbocycles. The Hall–Kier alpha value is -1.59. The monoisotopic (exact) mass is 235 g/mol. The molecule has 0 aromatic carbocycles. The quantitative estimate of drug-likeness (QED) is 0.844. The second-order valence-electron chi connectivity index (χ2n) is 4.06. The molecule has 2 heterocycles. The third-order valence-corrected chi connectivity index (χ3v) is 2.61. The largest absolute Gasteiger partial charge is 0.464 e. The smallest absolute Gasteiger partial charge is 0.139 e. The summed E-state index contributed by atoms with van der Waals surface area (Å²) in [5, 5.41) is 1.000. The van der Waals surface area contributed by atoms with E-state index in [2.05, 4.69) is 4.98 Å². The Morgan fingerprint density at radius 1 is 1.53 bits per heavy atom. The maximum Gasteiger partial charge on any atom is 0.139 e. The SMILES string of the molecule is COCC(N)CN(C)c1nccc2occc12. The predicted octanol–water partition coefficient (Wildman–Crippen LogP) is 1.24. The van der Waals surface area contributed by atoms with E-state index >= 15 is 0 Å². The molecule has 0 aliphatic rings. The summed E-state index contributed by atoms with van der Waals surface area (Å²) in [7, 11) is 3.61. The van der Waals surface area contributed by atoms with Crippen LogP contribution in [-0.2, 0) is 4.74 Å². The van der Waals surface area contributed by atoms with Gasteiger partial charge in [-0.15, -0.1) is 0 Å². The number of nitrogens with zero attached hydrogens (tertiary/aromatic N) is 2. The highest BCUT2D eigenvalue weighted by atomic mass is 16.5. The van der Waals surface area contributed by atoms with Gasteiger partial charge in [-0.05, 0) is 12.1 Å². The molecule has 2 aromatic heterocycles. The summed E-state index contributed by atoms with van der Waals surface area (Å²) in [5.74, 6) is 0.878. The van der Waals surface area contributed by atoms with Crippen molar-refractivity contribution in [2.24, 2.45) is 5.73 Å². The molecule has 0 bridgehead atoms. The highest BCUT2D eigenvalue weighted by Gasteiger charge is 2.12. The van der Waals surface area contributed by atoms with Crippen molar-refractivity contribution in [2.45, 2.75) is 6.04 Å². The zero-order valence-electron chi connectivity index (χ0n) is 10.1. The standard InChI is InChI=1S/C12H17N3O2/c1-15(7-9(13)8-16-2)12-10-4-6-17-11(10)3-5-14-12/h3-6,9H,7-8,13H2,1-2H3. The van der Waals surface area contributed by atoms with Crippen LogP contribution >= 0.6 is 0 Å². The van der Waals surface area contributed by atoms with E-state index in [-0.39, 0.29) is 6.04 Å². The molecule has 1 unspecified atom stereocenters.